The van der Waals surface area contributed by atoms with Crippen molar-refractivity contribution in [2.75, 3.05) is 6.61 Å². The summed E-state index contributed by atoms with van der Waals surface area (Å²) in [6, 6.07) is 10.3. The Morgan fingerprint density at radius 2 is 2.00 bits per heavy atom. The first-order valence-electron chi connectivity index (χ1n) is 5.60. The van der Waals surface area contributed by atoms with E-state index < -0.39 is 0 Å². The van der Waals surface area contributed by atoms with Crippen LogP contribution in [0.1, 0.15) is 23.0 Å². The number of carbonyl (C=O) groups excluding carboxylic acids is 1. The molecule has 0 amide bonds. The zero-order valence-corrected chi connectivity index (χ0v) is 10.6. The molecule has 1 aromatic heterocycles. The number of halogens is 1. The van der Waals surface area contributed by atoms with Gasteiger partial charge in [0.2, 0.25) is 5.78 Å². The second-order valence-corrected chi connectivity index (χ2v) is 4.03. The fourth-order valence-electron chi connectivity index (χ4n) is 1.56. The fourth-order valence-corrected chi connectivity index (χ4v) is 1.77. The number of nitrogens with zero attached hydrogens (tertiary/aromatic N) is 1. The summed E-state index contributed by atoms with van der Waals surface area (Å²) in [5.41, 5.74) is 0.808. The molecule has 0 radical (unpaired) electrons. The number of ether oxygens (including phenoxy) is 1. The summed E-state index contributed by atoms with van der Waals surface area (Å²) in [5, 5.41) is 0.358. The van der Waals surface area contributed by atoms with Gasteiger partial charge in [-0.3, -0.25) is 9.78 Å². The molecule has 4 heteroatoms. The number of benzene rings is 1. The van der Waals surface area contributed by atoms with Crippen LogP contribution in [0, 0.1) is 0 Å². The number of hydrogen-bond acceptors (Lipinski definition) is 3. The molecular formula is C14H12ClNO2. The van der Waals surface area contributed by atoms with E-state index >= 15 is 0 Å². The average Bonchev–Trinajstić information content (AvgIpc) is 2.40. The third-order valence-electron chi connectivity index (χ3n) is 2.40. The Bertz CT molecular complexity index is 552. The molecule has 3 nitrogen and oxygen atoms in total. The number of hydrogen-bond donors (Lipinski definition) is 0. The molecule has 2 rings (SSSR count). The molecule has 0 N–H and O–H groups in total. The van der Waals surface area contributed by atoms with Crippen molar-refractivity contribution in [3.8, 4) is 5.75 Å². The van der Waals surface area contributed by atoms with Crippen molar-refractivity contribution in [3.63, 3.8) is 0 Å². The minimum Gasteiger partial charge on any atom is -0.494 e. The van der Waals surface area contributed by atoms with Gasteiger partial charge in [0.1, 0.15) is 11.4 Å². The lowest BCUT2D eigenvalue weighted by molar-refractivity contribution is 0.103. The van der Waals surface area contributed by atoms with E-state index in [0.29, 0.717) is 17.2 Å². The summed E-state index contributed by atoms with van der Waals surface area (Å²) >= 11 is 5.94. The van der Waals surface area contributed by atoms with Crippen LogP contribution in [0.15, 0.2) is 42.6 Å². The maximum Gasteiger partial charge on any atom is 0.212 e. The van der Waals surface area contributed by atoms with Crippen LogP contribution in [0.2, 0.25) is 5.02 Å². The van der Waals surface area contributed by atoms with E-state index in [0.717, 1.165) is 5.75 Å². The maximum absolute atomic E-state index is 12.1. The van der Waals surface area contributed by atoms with Gasteiger partial charge in [-0.2, -0.15) is 0 Å². The highest BCUT2D eigenvalue weighted by Gasteiger charge is 2.13. The second kappa shape index (κ2) is 5.65. The Hall–Kier alpha value is -1.87. The smallest absolute Gasteiger partial charge is 0.212 e. The summed E-state index contributed by atoms with van der Waals surface area (Å²) in [6.45, 7) is 2.51. The lowest BCUT2D eigenvalue weighted by Crippen LogP contribution is -2.04. The van der Waals surface area contributed by atoms with Crippen LogP contribution in [0.3, 0.4) is 0 Å². The monoisotopic (exact) mass is 261 g/mol. The zero-order chi connectivity index (χ0) is 13.0. The van der Waals surface area contributed by atoms with E-state index in [1.54, 1.807) is 42.6 Å². The quantitative estimate of drug-likeness (QED) is 0.792. The summed E-state index contributed by atoms with van der Waals surface area (Å²) in [7, 11) is 0. The van der Waals surface area contributed by atoms with Crippen molar-refractivity contribution < 1.29 is 9.53 Å². The lowest BCUT2D eigenvalue weighted by Gasteiger charge is -2.05. The lowest BCUT2D eigenvalue weighted by atomic mass is 10.1. The number of aromatic nitrogens is 1. The molecule has 0 saturated carbocycles. The number of ketones is 1. The van der Waals surface area contributed by atoms with Crippen LogP contribution in [0.5, 0.6) is 5.75 Å². The highest BCUT2D eigenvalue weighted by atomic mass is 35.5. The van der Waals surface area contributed by atoms with Crippen LogP contribution < -0.4 is 4.74 Å². The van der Waals surface area contributed by atoms with Crippen molar-refractivity contribution in [1.29, 1.82) is 0 Å². The van der Waals surface area contributed by atoms with E-state index in [2.05, 4.69) is 4.98 Å². The summed E-state index contributed by atoms with van der Waals surface area (Å²) in [6.07, 6.45) is 1.55. The van der Waals surface area contributed by atoms with Crippen LogP contribution in [0.4, 0.5) is 0 Å². The predicted molar refractivity (Wildman–Crippen MR) is 70.3 cm³/mol. The minimum absolute atomic E-state index is 0.191. The van der Waals surface area contributed by atoms with Gasteiger partial charge in [0.25, 0.3) is 0 Å². The molecule has 0 aliphatic carbocycles. The van der Waals surface area contributed by atoms with Crippen LogP contribution >= 0.6 is 11.6 Å². The van der Waals surface area contributed by atoms with Crippen LogP contribution in [0.25, 0.3) is 0 Å². The highest BCUT2D eigenvalue weighted by molar-refractivity contribution is 6.34. The Balaban J connectivity index is 2.27. The predicted octanol–water partition coefficient (Wildman–Crippen LogP) is 3.36. The SMILES string of the molecule is CCOc1ccc(C(=O)c2ncccc2Cl)cc1. The molecule has 0 saturated heterocycles. The van der Waals surface area contributed by atoms with Gasteiger partial charge in [0.05, 0.1) is 11.6 Å². The molecule has 0 spiro atoms. The largest absolute Gasteiger partial charge is 0.494 e. The third-order valence-corrected chi connectivity index (χ3v) is 2.71. The molecule has 0 fully saturated rings. The Morgan fingerprint density at radius 3 is 2.61 bits per heavy atom. The topological polar surface area (TPSA) is 39.2 Å². The average molecular weight is 262 g/mol. The van der Waals surface area contributed by atoms with Gasteiger partial charge >= 0.3 is 0 Å². The van der Waals surface area contributed by atoms with E-state index in [-0.39, 0.29) is 11.5 Å². The van der Waals surface area contributed by atoms with Gasteiger partial charge in [0.15, 0.2) is 0 Å². The minimum atomic E-state index is -0.191. The Morgan fingerprint density at radius 1 is 1.28 bits per heavy atom. The molecule has 0 aliphatic heterocycles. The standard InChI is InChI=1S/C14H12ClNO2/c1-2-18-11-7-5-10(6-8-11)14(17)13-12(15)4-3-9-16-13/h3-9H,2H2,1H3. The van der Waals surface area contributed by atoms with Gasteiger partial charge in [-0.15, -0.1) is 0 Å². The molecule has 0 unspecified atom stereocenters. The van der Waals surface area contributed by atoms with E-state index in [1.807, 2.05) is 6.92 Å². The molecule has 18 heavy (non-hydrogen) atoms. The van der Waals surface area contributed by atoms with Crippen LogP contribution in [-0.2, 0) is 0 Å². The van der Waals surface area contributed by atoms with Gasteiger partial charge in [0, 0.05) is 11.8 Å². The molecule has 2 aromatic rings. The van der Waals surface area contributed by atoms with Crippen LogP contribution in [-0.4, -0.2) is 17.4 Å². The van der Waals surface area contributed by atoms with Gasteiger partial charge in [-0.1, -0.05) is 11.6 Å². The van der Waals surface area contributed by atoms with E-state index in [1.165, 1.54) is 0 Å². The number of pyridine rings is 1. The molecule has 1 aromatic carbocycles. The first kappa shape index (κ1) is 12.6. The third kappa shape index (κ3) is 2.68. The van der Waals surface area contributed by atoms with Gasteiger partial charge in [-0.05, 0) is 43.3 Å². The van der Waals surface area contributed by atoms with Gasteiger partial charge in [-0.25, -0.2) is 0 Å². The fraction of sp³-hybridized carbons (Fsp3) is 0.143. The van der Waals surface area contributed by atoms with E-state index in [4.69, 9.17) is 16.3 Å². The maximum atomic E-state index is 12.1. The van der Waals surface area contributed by atoms with Crippen molar-refractivity contribution in [1.82, 2.24) is 4.98 Å². The molecule has 92 valence electrons. The number of rotatable bonds is 4. The van der Waals surface area contributed by atoms with E-state index in [9.17, 15) is 4.79 Å². The Labute approximate surface area is 110 Å². The second-order valence-electron chi connectivity index (χ2n) is 3.62. The van der Waals surface area contributed by atoms with Crippen molar-refractivity contribution in [2.24, 2.45) is 0 Å². The molecule has 0 aliphatic rings. The molecule has 0 atom stereocenters. The zero-order valence-electron chi connectivity index (χ0n) is 9.89. The molecule has 0 bridgehead atoms. The van der Waals surface area contributed by atoms with Crippen molar-refractivity contribution >= 4 is 17.4 Å². The van der Waals surface area contributed by atoms with Crippen molar-refractivity contribution in [2.45, 2.75) is 6.92 Å². The number of carbonyl (C=O) groups is 1. The molecule has 1 heterocycles. The van der Waals surface area contributed by atoms with Gasteiger partial charge < -0.3 is 4.74 Å². The summed E-state index contributed by atoms with van der Waals surface area (Å²) in [5.74, 6) is 0.546. The molecular weight excluding hydrogens is 250 g/mol. The highest BCUT2D eigenvalue weighted by Crippen LogP contribution is 2.18. The first-order valence-corrected chi connectivity index (χ1v) is 5.98. The van der Waals surface area contributed by atoms with Crippen molar-refractivity contribution in [3.05, 3.63) is 58.9 Å². The first-order chi connectivity index (χ1) is 8.72. The Kier molecular flexibility index (Phi) is 3.95. The normalized spacial score (nSPS) is 10.1. The summed E-state index contributed by atoms with van der Waals surface area (Å²) in [4.78, 5) is 16.1. The summed E-state index contributed by atoms with van der Waals surface area (Å²) < 4.78 is 5.32.